The zero-order chi connectivity index (χ0) is 10.6. The Hall–Kier alpha value is -0.570. The molecule has 1 atom stereocenters. The predicted octanol–water partition coefficient (Wildman–Crippen LogP) is 2.02. The molecular formula is C11H21NO2. The van der Waals surface area contributed by atoms with Gasteiger partial charge in [0.1, 0.15) is 0 Å². The zero-order valence-electron chi connectivity index (χ0n) is 9.18. The Labute approximate surface area is 85.9 Å². The van der Waals surface area contributed by atoms with Gasteiger partial charge in [0.15, 0.2) is 0 Å². The molecule has 2 N–H and O–H groups in total. The Bertz CT molecular complexity index is 197. The first-order valence-corrected chi connectivity index (χ1v) is 5.57. The van der Waals surface area contributed by atoms with E-state index in [2.05, 4.69) is 19.2 Å². The number of hydrogen-bond acceptors (Lipinski definition) is 2. The van der Waals surface area contributed by atoms with Crippen molar-refractivity contribution < 1.29 is 9.90 Å². The van der Waals surface area contributed by atoms with E-state index < -0.39 is 11.4 Å². The van der Waals surface area contributed by atoms with Gasteiger partial charge in [-0.2, -0.15) is 0 Å². The number of carbonyl (C=O) groups is 1. The van der Waals surface area contributed by atoms with Crippen LogP contribution in [0, 0.1) is 5.41 Å². The maximum Gasteiger partial charge on any atom is 0.310 e. The molecular weight excluding hydrogens is 178 g/mol. The van der Waals surface area contributed by atoms with E-state index in [1.165, 1.54) is 0 Å². The van der Waals surface area contributed by atoms with Gasteiger partial charge in [-0.05, 0) is 26.2 Å². The summed E-state index contributed by atoms with van der Waals surface area (Å²) in [5.74, 6) is -0.620. The van der Waals surface area contributed by atoms with Crippen LogP contribution in [0.25, 0.3) is 0 Å². The summed E-state index contributed by atoms with van der Waals surface area (Å²) < 4.78 is 0. The highest BCUT2D eigenvalue weighted by molar-refractivity contribution is 5.75. The van der Waals surface area contributed by atoms with Gasteiger partial charge in [0.2, 0.25) is 0 Å². The van der Waals surface area contributed by atoms with Crippen LogP contribution in [-0.4, -0.2) is 23.7 Å². The van der Waals surface area contributed by atoms with Crippen LogP contribution in [0.2, 0.25) is 0 Å². The number of nitrogens with one attached hydrogen (secondary N) is 1. The minimum atomic E-state index is -0.620. The molecule has 1 aliphatic rings. The average Bonchev–Trinajstić information content (AvgIpc) is 2.64. The molecule has 1 unspecified atom stereocenters. The lowest BCUT2D eigenvalue weighted by atomic mass is 9.86. The molecule has 0 radical (unpaired) electrons. The Kier molecular flexibility index (Phi) is 3.93. The molecule has 3 nitrogen and oxygen atoms in total. The molecule has 82 valence electrons. The molecule has 1 fully saturated rings. The summed E-state index contributed by atoms with van der Waals surface area (Å²) in [4.78, 5) is 11.2. The minimum absolute atomic E-state index is 0.423. The van der Waals surface area contributed by atoms with Crippen LogP contribution in [0.5, 0.6) is 0 Å². The second kappa shape index (κ2) is 4.78. The van der Waals surface area contributed by atoms with Crippen LogP contribution in [0.15, 0.2) is 0 Å². The van der Waals surface area contributed by atoms with Gasteiger partial charge in [0, 0.05) is 12.6 Å². The van der Waals surface area contributed by atoms with E-state index in [-0.39, 0.29) is 0 Å². The quantitative estimate of drug-likeness (QED) is 0.712. The van der Waals surface area contributed by atoms with Gasteiger partial charge in [-0.3, -0.25) is 4.79 Å². The van der Waals surface area contributed by atoms with E-state index in [1.54, 1.807) is 0 Å². The van der Waals surface area contributed by atoms with Crippen molar-refractivity contribution in [1.82, 2.24) is 5.32 Å². The van der Waals surface area contributed by atoms with Gasteiger partial charge in [-0.25, -0.2) is 0 Å². The smallest absolute Gasteiger partial charge is 0.310 e. The van der Waals surface area contributed by atoms with Crippen LogP contribution in [-0.2, 0) is 4.79 Å². The third-order valence-corrected chi connectivity index (χ3v) is 3.42. The first-order valence-electron chi connectivity index (χ1n) is 5.57. The second-order valence-corrected chi connectivity index (χ2v) is 4.48. The summed E-state index contributed by atoms with van der Waals surface area (Å²) >= 11 is 0. The van der Waals surface area contributed by atoms with Crippen molar-refractivity contribution in [3.05, 3.63) is 0 Å². The molecule has 0 aliphatic heterocycles. The summed E-state index contributed by atoms with van der Waals surface area (Å²) in [5, 5.41) is 12.5. The lowest BCUT2D eigenvalue weighted by Gasteiger charge is -2.26. The SMILES string of the molecule is CCC(C)NCC1(C(=O)O)CCCC1. The molecule has 0 aromatic carbocycles. The lowest BCUT2D eigenvalue weighted by Crippen LogP contribution is -2.41. The monoisotopic (exact) mass is 199 g/mol. The van der Waals surface area contributed by atoms with Crippen molar-refractivity contribution in [2.24, 2.45) is 5.41 Å². The molecule has 1 saturated carbocycles. The number of aliphatic carboxylic acids is 1. The largest absolute Gasteiger partial charge is 0.481 e. The van der Waals surface area contributed by atoms with E-state index in [0.717, 1.165) is 32.1 Å². The van der Waals surface area contributed by atoms with Gasteiger partial charge in [-0.1, -0.05) is 19.8 Å². The van der Waals surface area contributed by atoms with Crippen LogP contribution < -0.4 is 5.32 Å². The van der Waals surface area contributed by atoms with Gasteiger partial charge >= 0.3 is 5.97 Å². The number of hydrogen-bond donors (Lipinski definition) is 2. The Morgan fingerprint density at radius 2 is 2.07 bits per heavy atom. The van der Waals surface area contributed by atoms with Gasteiger partial charge in [0.05, 0.1) is 5.41 Å². The standard InChI is InChI=1S/C11H21NO2/c1-3-9(2)12-8-11(10(13)14)6-4-5-7-11/h9,12H,3-8H2,1-2H3,(H,13,14). The number of carboxylic acids is 1. The van der Waals surface area contributed by atoms with Crippen LogP contribution in [0.3, 0.4) is 0 Å². The highest BCUT2D eigenvalue weighted by Crippen LogP contribution is 2.37. The molecule has 0 bridgehead atoms. The minimum Gasteiger partial charge on any atom is -0.481 e. The van der Waals surface area contributed by atoms with Crippen molar-refractivity contribution in [3.63, 3.8) is 0 Å². The summed E-state index contributed by atoms with van der Waals surface area (Å²) in [7, 11) is 0. The van der Waals surface area contributed by atoms with Gasteiger partial charge in [-0.15, -0.1) is 0 Å². The number of carboxylic acid groups (broad SMARTS) is 1. The van der Waals surface area contributed by atoms with Crippen LogP contribution in [0.4, 0.5) is 0 Å². The second-order valence-electron chi connectivity index (χ2n) is 4.48. The summed E-state index contributed by atoms with van der Waals surface area (Å²) in [6.07, 6.45) is 4.86. The summed E-state index contributed by atoms with van der Waals surface area (Å²) in [6, 6.07) is 0.423. The van der Waals surface area contributed by atoms with Crippen molar-refractivity contribution >= 4 is 5.97 Å². The predicted molar refractivity (Wildman–Crippen MR) is 56.3 cm³/mol. The van der Waals surface area contributed by atoms with Crippen LogP contribution in [0.1, 0.15) is 46.0 Å². The fraction of sp³-hybridized carbons (Fsp3) is 0.909. The Morgan fingerprint density at radius 3 is 2.50 bits per heavy atom. The highest BCUT2D eigenvalue weighted by atomic mass is 16.4. The third kappa shape index (κ3) is 2.47. The first kappa shape index (κ1) is 11.5. The Morgan fingerprint density at radius 1 is 1.50 bits per heavy atom. The molecule has 0 saturated heterocycles. The molecule has 0 aromatic heterocycles. The summed E-state index contributed by atoms with van der Waals surface area (Å²) in [5.41, 5.74) is -0.469. The van der Waals surface area contributed by atoms with E-state index in [4.69, 9.17) is 0 Å². The lowest BCUT2D eigenvalue weighted by molar-refractivity contribution is -0.148. The van der Waals surface area contributed by atoms with E-state index >= 15 is 0 Å². The third-order valence-electron chi connectivity index (χ3n) is 3.42. The van der Waals surface area contributed by atoms with Crippen molar-refractivity contribution in [2.45, 2.75) is 52.0 Å². The normalized spacial score (nSPS) is 22.1. The molecule has 0 aromatic rings. The maximum absolute atomic E-state index is 11.2. The first-order chi connectivity index (χ1) is 6.60. The molecule has 14 heavy (non-hydrogen) atoms. The summed E-state index contributed by atoms with van der Waals surface area (Å²) in [6.45, 7) is 4.85. The molecule has 3 heteroatoms. The number of rotatable bonds is 5. The molecule has 1 rings (SSSR count). The average molecular weight is 199 g/mol. The highest BCUT2D eigenvalue weighted by Gasteiger charge is 2.40. The van der Waals surface area contributed by atoms with Crippen LogP contribution >= 0.6 is 0 Å². The van der Waals surface area contributed by atoms with E-state index in [1.807, 2.05) is 0 Å². The Balaban J connectivity index is 2.48. The van der Waals surface area contributed by atoms with Gasteiger partial charge < -0.3 is 10.4 Å². The molecule has 0 spiro atoms. The fourth-order valence-corrected chi connectivity index (χ4v) is 2.03. The molecule has 0 heterocycles. The fourth-order valence-electron chi connectivity index (χ4n) is 2.03. The van der Waals surface area contributed by atoms with E-state index in [0.29, 0.717) is 12.6 Å². The zero-order valence-corrected chi connectivity index (χ0v) is 9.18. The van der Waals surface area contributed by atoms with Crippen molar-refractivity contribution in [3.8, 4) is 0 Å². The van der Waals surface area contributed by atoms with Crippen molar-refractivity contribution in [2.75, 3.05) is 6.54 Å². The van der Waals surface area contributed by atoms with Gasteiger partial charge in [0.25, 0.3) is 0 Å². The maximum atomic E-state index is 11.2. The topological polar surface area (TPSA) is 49.3 Å². The van der Waals surface area contributed by atoms with E-state index in [9.17, 15) is 9.90 Å². The molecule has 1 aliphatic carbocycles. The molecule has 0 amide bonds. The van der Waals surface area contributed by atoms with Crippen molar-refractivity contribution in [1.29, 1.82) is 0 Å².